The van der Waals surface area contributed by atoms with Crippen molar-refractivity contribution in [3.8, 4) is 0 Å². The molecule has 19 heavy (non-hydrogen) atoms. The molecule has 0 unspecified atom stereocenters. The van der Waals surface area contributed by atoms with Gasteiger partial charge in [0.05, 0.1) is 12.2 Å². The maximum Gasteiger partial charge on any atom is 0.151 e. The van der Waals surface area contributed by atoms with E-state index in [0.717, 1.165) is 49.1 Å². The second-order valence-electron chi connectivity index (χ2n) is 6.01. The first kappa shape index (κ1) is 14.7. The van der Waals surface area contributed by atoms with Crippen LogP contribution in [-0.4, -0.2) is 44.4 Å². The van der Waals surface area contributed by atoms with Crippen LogP contribution in [0.15, 0.2) is 10.6 Å². The third-order valence-electron chi connectivity index (χ3n) is 3.06. The Labute approximate surface area is 117 Å². The predicted octanol–water partition coefficient (Wildman–Crippen LogP) is 1.13. The summed E-state index contributed by atoms with van der Waals surface area (Å²) in [7, 11) is -0.625. The molecule has 1 fully saturated rings. The summed E-state index contributed by atoms with van der Waals surface area (Å²) in [5.41, 5.74) is 1.02. The Morgan fingerprint density at radius 2 is 2.11 bits per heavy atom. The number of hydrogen-bond acceptors (Lipinski definition) is 5. The Morgan fingerprint density at radius 3 is 2.74 bits per heavy atom. The van der Waals surface area contributed by atoms with E-state index in [1.54, 1.807) is 0 Å². The lowest BCUT2D eigenvalue weighted by Gasteiger charge is -2.24. The minimum absolute atomic E-state index is 0.0794. The van der Waals surface area contributed by atoms with E-state index in [1.165, 1.54) is 0 Å². The molecule has 2 heterocycles. The van der Waals surface area contributed by atoms with Crippen molar-refractivity contribution in [2.24, 2.45) is 0 Å². The monoisotopic (exact) mass is 285 g/mol. The van der Waals surface area contributed by atoms with Crippen molar-refractivity contribution in [1.82, 2.24) is 15.4 Å². The fraction of sp³-hybridized carbons (Fsp3) is 0.769. The van der Waals surface area contributed by atoms with Crippen LogP contribution in [0.25, 0.3) is 0 Å². The predicted molar refractivity (Wildman–Crippen MR) is 76.2 cm³/mol. The molecule has 0 radical (unpaired) electrons. The van der Waals surface area contributed by atoms with E-state index in [0.29, 0.717) is 0 Å². The summed E-state index contributed by atoms with van der Waals surface area (Å²) < 4.78 is 16.6. The van der Waals surface area contributed by atoms with Crippen LogP contribution < -0.4 is 5.32 Å². The zero-order chi connectivity index (χ0) is 13.9. The van der Waals surface area contributed by atoms with Gasteiger partial charge in [0.2, 0.25) is 0 Å². The number of nitrogens with one attached hydrogen (secondary N) is 1. The van der Waals surface area contributed by atoms with Gasteiger partial charge in [-0.05, 0) is 20.8 Å². The SMILES string of the molecule is CC(C)(C)NCc1cc(CN2CCS(=O)CC2)on1. The van der Waals surface area contributed by atoms with Crippen molar-refractivity contribution < 1.29 is 8.73 Å². The van der Waals surface area contributed by atoms with Gasteiger partial charge in [0, 0.05) is 53.5 Å². The Morgan fingerprint density at radius 1 is 1.42 bits per heavy atom. The third kappa shape index (κ3) is 5.04. The number of hydrogen-bond donors (Lipinski definition) is 1. The Kier molecular flexibility index (Phi) is 4.76. The smallest absolute Gasteiger partial charge is 0.151 e. The van der Waals surface area contributed by atoms with Crippen molar-refractivity contribution in [2.45, 2.75) is 39.4 Å². The molecule has 0 atom stereocenters. The van der Waals surface area contributed by atoms with Crippen LogP contribution in [0.3, 0.4) is 0 Å². The minimum Gasteiger partial charge on any atom is -0.360 e. The van der Waals surface area contributed by atoms with Gasteiger partial charge in [-0.15, -0.1) is 0 Å². The van der Waals surface area contributed by atoms with Crippen LogP contribution in [0.4, 0.5) is 0 Å². The summed E-state index contributed by atoms with van der Waals surface area (Å²) in [6.07, 6.45) is 0. The highest BCUT2D eigenvalue weighted by atomic mass is 32.2. The molecule has 5 nitrogen and oxygen atoms in total. The Balaban J connectivity index is 1.82. The zero-order valence-electron chi connectivity index (χ0n) is 11.9. The van der Waals surface area contributed by atoms with Gasteiger partial charge in [-0.1, -0.05) is 5.16 Å². The highest BCUT2D eigenvalue weighted by molar-refractivity contribution is 7.85. The van der Waals surface area contributed by atoms with Gasteiger partial charge >= 0.3 is 0 Å². The molecular formula is C13H23N3O2S. The number of rotatable bonds is 4. The number of nitrogens with zero attached hydrogens (tertiary/aromatic N) is 2. The highest BCUT2D eigenvalue weighted by Gasteiger charge is 2.17. The lowest BCUT2D eigenvalue weighted by Crippen LogP contribution is -2.37. The van der Waals surface area contributed by atoms with E-state index in [4.69, 9.17) is 4.52 Å². The molecule has 0 saturated carbocycles. The molecule has 1 aliphatic rings. The molecule has 108 valence electrons. The van der Waals surface area contributed by atoms with Crippen LogP contribution in [0.2, 0.25) is 0 Å². The Bertz CT molecular complexity index is 429. The van der Waals surface area contributed by atoms with Gasteiger partial charge in [-0.2, -0.15) is 0 Å². The topological polar surface area (TPSA) is 58.4 Å². The molecule has 0 aromatic carbocycles. The first-order chi connectivity index (χ1) is 8.92. The van der Waals surface area contributed by atoms with Gasteiger partial charge in [0.25, 0.3) is 0 Å². The van der Waals surface area contributed by atoms with Crippen molar-refractivity contribution in [3.05, 3.63) is 17.5 Å². The van der Waals surface area contributed by atoms with Crippen LogP contribution in [-0.2, 0) is 23.9 Å². The maximum absolute atomic E-state index is 11.3. The van der Waals surface area contributed by atoms with Gasteiger partial charge in [-0.3, -0.25) is 9.11 Å². The van der Waals surface area contributed by atoms with Crippen molar-refractivity contribution in [2.75, 3.05) is 24.6 Å². The molecule has 1 aromatic heterocycles. The van der Waals surface area contributed by atoms with Gasteiger partial charge in [-0.25, -0.2) is 0 Å². The standard InChI is InChI=1S/C13H23N3O2S/c1-13(2,3)14-9-11-8-12(18-15-11)10-16-4-6-19(17)7-5-16/h8,14H,4-7,9-10H2,1-3H3. The average Bonchev–Trinajstić information content (AvgIpc) is 2.77. The molecule has 2 rings (SSSR count). The molecule has 0 spiro atoms. The van der Waals surface area contributed by atoms with E-state index < -0.39 is 10.8 Å². The second-order valence-corrected chi connectivity index (χ2v) is 7.71. The summed E-state index contributed by atoms with van der Waals surface area (Å²) in [5.74, 6) is 2.43. The summed E-state index contributed by atoms with van der Waals surface area (Å²) in [6.45, 7) is 9.62. The number of aromatic nitrogens is 1. The summed E-state index contributed by atoms with van der Waals surface area (Å²) in [4.78, 5) is 2.27. The van der Waals surface area contributed by atoms with Gasteiger partial charge in [0.15, 0.2) is 5.76 Å². The fourth-order valence-electron chi connectivity index (χ4n) is 1.92. The largest absolute Gasteiger partial charge is 0.360 e. The molecule has 1 aliphatic heterocycles. The van der Waals surface area contributed by atoms with Crippen molar-refractivity contribution in [3.63, 3.8) is 0 Å². The van der Waals surface area contributed by atoms with Crippen LogP contribution in [0.1, 0.15) is 32.2 Å². The molecule has 1 saturated heterocycles. The lowest BCUT2D eigenvalue weighted by molar-refractivity contribution is 0.248. The molecule has 0 aliphatic carbocycles. The van der Waals surface area contributed by atoms with E-state index in [9.17, 15) is 4.21 Å². The molecule has 0 bridgehead atoms. The quantitative estimate of drug-likeness (QED) is 0.898. The summed E-state index contributed by atoms with van der Waals surface area (Å²) >= 11 is 0. The first-order valence-electron chi connectivity index (χ1n) is 6.69. The lowest BCUT2D eigenvalue weighted by atomic mass is 10.1. The normalized spacial score (nSPS) is 18.9. The molecule has 6 heteroatoms. The van der Waals surface area contributed by atoms with Crippen molar-refractivity contribution >= 4 is 10.8 Å². The van der Waals surface area contributed by atoms with Crippen LogP contribution >= 0.6 is 0 Å². The third-order valence-corrected chi connectivity index (χ3v) is 4.33. The summed E-state index contributed by atoms with van der Waals surface area (Å²) in [5, 5.41) is 7.46. The maximum atomic E-state index is 11.3. The molecule has 0 amide bonds. The van der Waals surface area contributed by atoms with Crippen LogP contribution in [0, 0.1) is 0 Å². The second kappa shape index (κ2) is 6.15. The van der Waals surface area contributed by atoms with Crippen molar-refractivity contribution in [1.29, 1.82) is 0 Å². The van der Waals surface area contributed by atoms with Gasteiger partial charge in [0.1, 0.15) is 0 Å². The highest BCUT2D eigenvalue weighted by Crippen LogP contribution is 2.10. The van der Waals surface area contributed by atoms with E-state index >= 15 is 0 Å². The molecule has 1 aromatic rings. The average molecular weight is 285 g/mol. The zero-order valence-corrected chi connectivity index (χ0v) is 12.8. The fourth-order valence-corrected chi connectivity index (χ4v) is 3.05. The Hall–Kier alpha value is -0.720. The van der Waals surface area contributed by atoms with Crippen LogP contribution in [0.5, 0.6) is 0 Å². The minimum atomic E-state index is -0.625. The van der Waals surface area contributed by atoms with Gasteiger partial charge < -0.3 is 9.84 Å². The first-order valence-corrected chi connectivity index (χ1v) is 8.18. The van der Waals surface area contributed by atoms with E-state index in [-0.39, 0.29) is 5.54 Å². The molecular weight excluding hydrogens is 262 g/mol. The van der Waals surface area contributed by atoms with E-state index in [1.807, 2.05) is 6.07 Å². The molecule has 1 N–H and O–H groups in total. The summed E-state index contributed by atoms with van der Waals surface area (Å²) in [6, 6.07) is 2.00. The van der Waals surface area contributed by atoms with E-state index in [2.05, 4.69) is 36.1 Å².